The first-order valence-corrected chi connectivity index (χ1v) is 7.00. The summed E-state index contributed by atoms with van der Waals surface area (Å²) in [6, 6.07) is 9.36. The minimum Gasteiger partial charge on any atom is -0.360 e. The van der Waals surface area contributed by atoms with E-state index in [1.165, 1.54) is 12.1 Å². The van der Waals surface area contributed by atoms with Crippen molar-refractivity contribution in [2.75, 3.05) is 0 Å². The first kappa shape index (κ1) is 13.3. The lowest BCUT2D eigenvalue weighted by atomic mass is 10.0. The zero-order chi connectivity index (χ0) is 14.3. The number of aromatic nitrogens is 1. The molecule has 0 fully saturated rings. The zero-order valence-corrected chi connectivity index (χ0v) is 12.4. The van der Waals surface area contributed by atoms with E-state index >= 15 is 0 Å². The summed E-state index contributed by atoms with van der Waals surface area (Å²) < 4.78 is 14.0. The van der Waals surface area contributed by atoms with Gasteiger partial charge in [0.25, 0.3) is 0 Å². The van der Waals surface area contributed by atoms with E-state index in [2.05, 4.69) is 20.9 Å². The zero-order valence-electron chi connectivity index (χ0n) is 10.1. The fraction of sp³-hybridized carbons (Fsp3) is 0. The van der Waals surface area contributed by atoms with Gasteiger partial charge in [0.1, 0.15) is 5.82 Å². The Morgan fingerprint density at radius 2 is 1.95 bits per heavy atom. The number of halogens is 3. The summed E-state index contributed by atoms with van der Waals surface area (Å²) in [5.74, 6) is -0.696. The summed E-state index contributed by atoms with van der Waals surface area (Å²) in [5, 5.41) is 0.917. The number of benzene rings is 2. The normalized spacial score (nSPS) is 10.9. The highest BCUT2D eigenvalue weighted by molar-refractivity contribution is 9.10. The molecule has 1 heterocycles. The van der Waals surface area contributed by atoms with Crippen LogP contribution in [-0.2, 0) is 0 Å². The number of rotatable bonds is 2. The maximum Gasteiger partial charge on any atom is 0.196 e. The number of carbonyl (C=O) groups excluding carboxylic acids is 1. The third-order valence-corrected chi connectivity index (χ3v) is 3.87. The lowest BCUT2D eigenvalue weighted by Gasteiger charge is -2.03. The van der Waals surface area contributed by atoms with E-state index in [1.807, 2.05) is 18.2 Å². The largest absolute Gasteiger partial charge is 0.360 e. The average Bonchev–Trinajstić information content (AvgIpc) is 2.80. The molecule has 3 rings (SSSR count). The standard InChI is InChI=1S/C15H8BrClFNO/c16-8-1-3-10-12(7-19-14(10)5-8)15(20)11-4-2-9(18)6-13(11)17/h1-7,19H. The van der Waals surface area contributed by atoms with Crippen LogP contribution in [0, 0.1) is 5.82 Å². The Balaban J connectivity index is 2.13. The quantitative estimate of drug-likeness (QED) is 0.650. The minimum absolute atomic E-state index is 0.112. The molecule has 0 atom stereocenters. The number of aromatic amines is 1. The number of ketones is 1. The van der Waals surface area contributed by atoms with Gasteiger partial charge in [-0.1, -0.05) is 33.6 Å². The van der Waals surface area contributed by atoms with Gasteiger partial charge in [-0.2, -0.15) is 0 Å². The van der Waals surface area contributed by atoms with Gasteiger partial charge in [-0.05, 0) is 30.3 Å². The van der Waals surface area contributed by atoms with Gasteiger partial charge in [0.2, 0.25) is 0 Å². The molecule has 0 saturated carbocycles. The molecule has 0 bridgehead atoms. The van der Waals surface area contributed by atoms with E-state index in [4.69, 9.17) is 11.6 Å². The van der Waals surface area contributed by atoms with Gasteiger partial charge in [0, 0.05) is 32.7 Å². The van der Waals surface area contributed by atoms with Crippen molar-refractivity contribution in [3.05, 3.63) is 69.0 Å². The maximum absolute atomic E-state index is 13.0. The van der Waals surface area contributed by atoms with E-state index in [0.29, 0.717) is 5.56 Å². The molecule has 1 N–H and O–H groups in total. The molecule has 0 aliphatic carbocycles. The Labute approximate surface area is 127 Å². The van der Waals surface area contributed by atoms with E-state index in [0.717, 1.165) is 21.4 Å². The summed E-state index contributed by atoms with van der Waals surface area (Å²) in [6.07, 6.45) is 1.64. The van der Waals surface area contributed by atoms with E-state index in [1.54, 1.807) is 6.20 Å². The lowest BCUT2D eigenvalue weighted by molar-refractivity contribution is 0.104. The molecule has 5 heteroatoms. The molecule has 0 aliphatic heterocycles. The minimum atomic E-state index is -0.464. The second kappa shape index (κ2) is 5.04. The number of H-pyrrole nitrogens is 1. The lowest BCUT2D eigenvalue weighted by Crippen LogP contribution is -2.01. The molecular weight excluding hydrogens is 345 g/mol. The van der Waals surface area contributed by atoms with Crippen molar-refractivity contribution in [2.24, 2.45) is 0 Å². The molecule has 20 heavy (non-hydrogen) atoms. The van der Waals surface area contributed by atoms with Gasteiger partial charge in [0.05, 0.1) is 5.02 Å². The fourth-order valence-electron chi connectivity index (χ4n) is 2.10. The van der Waals surface area contributed by atoms with Gasteiger partial charge in [-0.25, -0.2) is 4.39 Å². The molecule has 100 valence electrons. The van der Waals surface area contributed by atoms with Crippen LogP contribution in [0.1, 0.15) is 15.9 Å². The summed E-state index contributed by atoms with van der Waals surface area (Å²) in [6.45, 7) is 0. The van der Waals surface area contributed by atoms with E-state index in [9.17, 15) is 9.18 Å². The number of fused-ring (bicyclic) bond motifs is 1. The molecule has 0 saturated heterocycles. The van der Waals surface area contributed by atoms with Crippen molar-refractivity contribution < 1.29 is 9.18 Å². The summed E-state index contributed by atoms with van der Waals surface area (Å²) in [4.78, 5) is 15.5. The predicted molar refractivity (Wildman–Crippen MR) is 80.8 cm³/mol. The molecule has 0 spiro atoms. The van der Waals surface area contributed by atoms with Crippen LogP contribution in [0.15, 0.2) is 47.1 Å². The van der Waals surface area contributed by atoms with E-state index in [-0.39, 0.29) is 16.4 Å². The third kappa shape index (κ3) is 2.25. The average molecular weight is 353 g/mol. The van der Waals surface area contributed by atoms with Crippen LogP contribution in [0.4, 0.5) is 4.39 Å². The van der Waals surface area contributed by atoms with Gasteiger partial charge >= 0.3 is 0 Å². The van der Waals surface area contributed by atoms with Crippen LogP contribution in [0.2, 0.25) is 5.02 Å². The van der Waals surface area contributed by atoms with Gasteiger partial charge in [-0.3, -0.25) is 4.79 Å². The maximum atomic E-state index is 13.0. The fourth-order valence-corrected chi connectivity index (χ4v) is 2.72. The molecular formula is C15H8BrClFNO. The Morgan fingerprint density at radius 3 is 2.70 bits per heavy atom. The van der Waals surface area contributed by atoms with Crippen LogP contribution in [0.3, 0.4) is 0 Å². The number of hydrogen-bond acceptors (Lipinski definition) is 1. The van der Waals surface area contributed by atoms with Crippen molar-refractivity contribution in [3.63, 3.8) is 0 Å². The highest BCUT2D eigenvalue weighted by Crippen LogP contribution is 2.27. The van der Waals surface area contributed by atoms with Crippen LogP contribution in [0.5, 0.6) is 0 Å². The Bertz CT molecular complexity index is 828. The van der Waals surface area contributed by atoms with Crippen molar-refractivity contribution in [3.8, 4) is 0 Å². The Morgan fingerprint density at radius 1 is 1.15 bits per heavy atom. The van der Waals surface area contributed by atoms with E-state index < -0.39 is 5.82 Å². The van der Waals surface area contributed by atoms with Crippen molar-refractivity contribution >= 4 is 44.2 Å². The van der Waals surface area contributed by atoms with Crippen molar-refractivity contribution in [1.82, 2.24) is 4.98 Å². The molecule has 0 aliphatic rings. The molecule has 0 unspecified atom stereocenters. The summed E-state index contributed by atoms with van der Waals surface area (Å²) >= 11 is 9.31. The summed E-state index contributed by atoms with van der Waals surface area (Å²) in [5.41, 5.74) is 1.65. The first-order valence-electron chi connectivity index (χ1n) is 5.82. The molecule has 1 aromatic heterocycles. The number of nitrogens with one attached hydrogen (secondary N) is 1. The number of carbonyl (C=O) groups is 1. The van der Waals surface area contributed by atoms with Gasteiger partial charge in [-0.15, -0.1) is 0 Å². The molecule has 2 nitrogen and oxygen atoms in total. The van der Waals surface area contributed by atoms with Gasteiger partial charge < -0.3 is 4.98 Å². The Hall–Kier alpha value is -1.65. The second-order valence-corrected chi connectivity index (χ2v) is 5.67. The highest BCUT2D eigenvalue weighted by atomic mass is 79.9. The molecule has 0 radical (unpaired) electrons. The molecule has 3 aromatic rings. The highest BCUT2D eigenvalue weighted by Gasteiger charge is 2.17. The van der Waals surface area contributed by atoms with Crippen molar-refractivity contribution in [2.45, 2.75) is 0 Å². The molecule has 0 amide bonds. The van der Waals surface area contributed by atoms with Crippen LogP contribution in [0.25, 0.3) is 10.9 Å². The van der Waals surface area contributed by atoms with Crippen LogP contribution < -0.4 is 0 Å². The van der Waals surface area contributed by atoms with Crippen molar-refractivity contribution in [1.29, 1.82) is 0 Å². The third-order valence-electron chi connectivity index (χ3n) is 3.06. The van der Waals surface area contributed by atoms with Crippen LogP contribution >= 0.6 is 27.5 Å². The first-order chi connectivity index (χ1) is 9.56. The molecule has 2 aromatic carbocycles. The number of hydrogen-bond donors (Lipinski definition) is 1. The summed E-state index contributed by atoms with van der Waals surface area (Å²) in [7, 11) is 0. The monoisotopic (exact) mass is 351 g/mol. The van der Waals surface area contributed by atoms with Gasteiger partial charge in [0.15, 0.2) is 5.78 Å². The smallest absolute Gasteiger partial charge is 0.196 e. The topological polar surface area (TPSA) is 32.9 Å². The SMILES string of the molecule is O=C(c1ccc(F)cc1Cl)c1c[nH]c2cc(Br)ccc12. The second-order valence-electron chi connectivity index (χ2n) is 4.35. The van der Waals surface area contributed by atoms with Crippen LogP contribution in [-0.4, -0.2) is 10.8 Å². The predicted octanol–water partition coefficient (Wildman–Crippen LogP) is 4.95. The Kier molecular flexibility index (Phi) is 3.36.